The highest BCUT2D eigenvalue weighted by molar-refractivity contribution is 5.82. The molecule has 1 aliphatic heterocycles. The van der Waals surface area contributed by atoms with E-state index < -0.39 is 6.10 Å². The lowest BCUT2D eigenvalue weighted by molar-refractivity contribution is -0.134. The molecule has 0 saturated heterocycles. The standard InChI is InChI=1S/C15H17N3O3/c1-9(11-7-16-17-8-11)18-15(19)14-10(2)20-12-5-3-4-6-13(12)21-14/h3-10,14H,1-2H3,(H,16,17)(H,18,19). The van der Waals surface area contributed by atoms with Crippen LogP contribution in [-0.4, -0.2) is 28.3 Å². The average molecular weight is 287 g/mol. The van der Waals surface area contributed by atoms with Crippen LogP contribution in [-0.2, 0) is 4.79 Å². The Hall–Kier alpha value is -2.50. The van der Waals surface area contributed by atoms with Gasteiger partial charge in [0.1, 0.15) is 6.10 Å². The van der Waals surface area contributed by atoms with Crippen LogP contribution in [0.1, 0.15) is 25.5 Å². The largest absolute Gasteiger partial charge is 0.482 e. The molecule has 0 saturated carbocycles. The molecule has 0 bridgehead atoms. The number of hydrogen-bond acceptors (Lipinski definition) is 4. The summed E-state index contributed by atoms with van der Waals surface area (Å²) in [5.74, 6) is 1.05. The van der Waals surface area contributed by atoms with E-state index in [0.29, 0.717) is 11.5 Å². The van der Waals surface area contributed by atoms with E-state index in [-0.39, 0.29) is 18.1 Å². The van der Waals surface area contributed by atoms with Gasteiger partial charge in [-0.25, -0.2) is 0 Å². The third-order valence-corrected chi connectivity index (χ3v) is 3.48. The molecule has 6 nitrogen and oxygen atoms in total. The van der Waals surface area contributed by atoms with Crippen molar-refractivity contribution in [2.24, 2.45) is 0 Å². The van der Waals surface area contributed by atoms with Crippen LogP contribution in [0.15, 0.2) is 36.7 Å². The predicted molar refractivity (Wildman–Crippen MR) is 76.1 cm³/mol. The van der Waals surface area contributed by atoms with Gasteiger partial charge in [0, 0.05) is 11.8 Å². The van der Waals surface area contributed by atoms with Crippen molar-refractivity contribution in [1.29, 1.82) is 0 Å². The van der Waals surface area contributed by atoms with Gasteiger partial charge in [-0.1, -0.05) is 12.1 Å². The Kier molecular flexibility index (Phi) is 3.51. The van der Waals surface area contributed by atoms with Crippen LogP contribution in [0.4, 0.5) is 0 Å². The number of H-pyrrole nitrogens is 1. The Morgan fingerprint density at radius 1 is 1.33 bits per heavy atom. The zero-order chi connectivity index (χ0) is 14.8. The molecule has 6 heteroatoms. The number of nitrogens with one attached hydrogen (secondary N) is 2. The Bertz CT molecular complexity index is 627. The normalized spacial score (nSPS) is 21.6. The lowest BCUT2D eigenvalue weighted by Gasteiger charge is -2.31. The van der Waals surface area contributed by atoms with Crippen LogP contribution in [0.25, 0.3) is 0 Å². The van der Waals surface area contributed by atoms with Crippen molar-refractivity contribution in [2.75, 3.05) is 0 Å². The molecule has 2 N–H and O–H groups in total. The molecule has 2 aromatic rings. The van der Waals surface area contributed by atoms with Gasteiger partial charge in [-0.05, 0) is 26.0 Å². The quantitative estimate of drug-likeness (QED) is 0.902. The molecule has 1 aliphatic rings. The number of fused-ring (bicyclic) bond motifs is 1. The second kappa shape index (κ2) is 5.47. The average Bonchev–Trinajstić information content (AvgIpc) is 3.00. The molecule has 0 aliphatic carbocycles. The number of nitrogens with zero attached hydrogens (tertiary/aromatic N) is 1. The van der Waals surface area contributed by atoms with Crippen LogP contribution in [0.5, 0.6) is 11.5 Å². The highest BCUT2D eigenvalue weighted by Crippen LogP contribution is 2.33. The fourth-order valence-corrected chi connectivity index (χ4v) is 2.28. The van der Waals surface area contributed by atoms with Gasteiger partial charge in [-0.15, -0.1) is 0 Å². The predicted octanol–water partition coefficient (Wildman–Crippen LogP) is 1.82. The van der Waals surface area contributed by atoms with Gasteiger partial charge in [0.05, 0.1) is 12.2 Å². The van der Waals surface area contributed by atoms with E-state index in [1.807, 2.05) is 32.0 Å². The monoisotopic (exact) mass is 287 g/mol. The summed E-state index contributed by atoms with van der Waals surface area (Å²) in [6.45, 7) is 3.72. The molecule has 3 atom stereocenters. The van der Waals surface area contributed by atoms with Crippen LogP contribution < -0.4 is 14.8 Å². The first-order valence-electron chi connectivity index (χ1n) is 6.86. The van der Waals surface area contributed by atoms with Crippen molar-refractivity contribution < 1.29 is 14.3 Å². The number of amides is 1. The van der Waals surface area contributed by atoms with Gasteiger partial charge in [0.15, 0.2) is 11.5 Å². The van der Waals surface area contributed by atoms with Gasteiger partial charge in [0.25, 0.3) is 5.91 Å². The number of ether oxygens (including phenoxy) is 2. The Morgan fingerprint density at radius 2 is 2.05 bits per heavy atom. The SMILES string of the molecule is CC(NC(=O)C1Oc2ccccc2OC1C)c1cn[nH]c1. The van der Waals surface area contributed by atoms with Gasteiger partial charge in [0.2, 0.25) is 6.10 Å². The highest BCUT2D eigenvalue weighted by atomic mass is 16.6. The molecular formula is C15H17N3O3. The van der Waals surface area contributed by atoms with Gasteiger partial charge in [-0.3, -0.25) is 9.89 Å². The zero-order valence-corrected chi connectivity index (χ0v) is 11.9. The van der Waals surface area contributed by atoms with Crippen LogP contribution in [0.2, 0.25) is 0 Å². The number of benzene rings is 1. The van der Waals surface area contributed by atoms with Gasteiger partial charge < -0.3 is 14.8 Å². The first kappa shape index (κ1) is 13.5. The molecule has 3 unspecified atom stereocenters. The summed E-state index contributed by atoms with van der Waals surface area (Å²) < 4.78 is 11.5. The van der Waals surface area contributed by atoms with Crippen LogP contribution >= 0.6 is 0 Å². The minimum Gasteiger partial charge on any atom is -0.482 e. The van der Waals surface area contributed by atoms with Crippen molar-refractivity contribution in [3.05, 3.63) is 42.2 Å². The molecule has 3 rings (SSSR count). The molecular weight excluding hydrogens is 270 g/mol. The van der Waals surface area contributed by atoms with Crippen molar-refractivity contribution in [1.82, 2.24) is 15.5 Å². The topological polar surface area (TPSA) is 76.2 Å². The van der Waals surface area contributed by atoms with E-state index in [4.69, 9.17) is 9.47 Å². The fraction of sp³-hybridized carbons (Fsp3) is 0.333. The summed E-state index contributed by atoms with van der Waals surface area (Å²) in [5, 5.41) is 9.51. The summed E-state index contributed by atoms with van der Waals surface area (Å²) in [6.07, 6.45) is 2.41. The smallest absolute Gasteiger partial charge is 0.265 e. The number of para-hydroxylation sites is 2. The van der Waals surface area contributed by atoms with Gasteiger partial charge in [-0.2, -0.15) is 5.10 Å². The maximum atomic E-state index is 12.4. The molecule has 1 amide bonds. The van der Waals surface area contributed by atoms with E-state index in [0.717, 1.165) is 5.56 Å². The van der Waals surface area contributed by atoms with Crippen LogP contribution in [0, 0.1) is 0 Å². The molecule has 21 heavy (non-hydrogen) atoms. The number of carbonyl (C=O) groups is 1. The maximum Gasteiger partial charge on any atom is 0.265 e. The number of rotatable bonds is 3. The lowest BCUT2D eigenvalue weighted by Crippen LogP contribution is -2.49. The summed E-state index contributed by atoms with van der Waals surface area (Å²) in [6, 6.07) is 7.19. The maximum absolute atomic E-state index is 12.4. The molecule has 2 heterocycles. The molecule has 0 radical (unpaired) electrons. The van der Waals surface area contributed by atoms with Crippen LogP contribution in [0.3, 0.4) is 0 Å². The van der Waals surface area contributed by atoms with E-state index in [9.17, 15) is 4.79 Å². The third-order valence-electron chi connectivity index (χ3n) is 3.48. The van der Waals surface area contributed by atoms with Crippen molar-refractivity contribution >= 4 is 5.91 Å². The molecule has 0 spiro atoms. The second-order valence-electron chi connectivity index (χ2n) is 5.07. The Morgan fingerprint density at radius 3 is 2.71 bits per heavy atom. The molecule has 110 valence electrons. The summed E-state index contributed by atoms with van der Waals surface area (Å²) in [5.41, 5.74) is 0.910. The van der Waals surface area contributed by atoms with Gasteiger partial charge >= 0.3 is 0 Å². The van der Waals surface area contributed by atoms with Crippen molar-refractivity contribution in [2.45, 2.75) is 32.1 Å². The number of aromatic amines is 1. The third kappa shape index (κ3) is 2.69. The fourth-order valence-electron chi connectivity index (χ4n) is 2.28. The van der Waals surface area contributed by atoms with E-state index >= 15 is 0 Å². The summed E-state index contributed by atoms with van der Waals surface area (Å²) >= 11 is 0. The number of hydrogen-bond donors (Lipinski definition) is 2. The summed E-state index contributed by atoms with van der Waals surface area (Å²) in [7, 11) is 0. The van der Waals surface area contributed by atoms with E-state index in [2.05, 4.69) is 15.5 Å². The van der Waals surface area contributed by atoms with Crippen molar-refractivity contribution in [3.63, 3.8) is 0 Å². The lowest BCUT2D eigenvalue weighted by atomic mass is 10.1. The Labute approximate surface area is 122 Å². The minimum absolute atomic E-state index is 0.149. The van der Waals surface area contributed by atoms with Crippen molar-refractivity contribution in [3.8, 4) is 11.5 Å². The highest BCUT2D eigenvalue weighted by Gasteiger charge is 2.34. The van der Waals surface area contributed by atoms with E-state index in [1.54, 1.807) is 18.5 Å². The minimum atomic E-state index is -0.672. The first-order chi connectivity index (χ1) is 10.1. The second-order valence-corrected chi connectivity index (χ2v) is 5.07. The molecule has 0 fully saturated rings. The Balaban J connectivity index is 1.70. The zero-order valence-electron chi connectivity index (χ0n) is 11.9. The summed E-state index contributed by atoms with van der Waals surface area (Å²) in [4.78, 5) is 12.4. The molecule has 1 aromatic carbocycles. The molecule has 1 aromatic heterocycles. The number of carbonyl (C=O) groups excluding carboxylic acids is 1. The van der Waals surface area contributed by atoms with E-state index in [1.165, 1.54) is 0 Å². The first-order valence-corrected chi connectivity index (χ1v) is 6.86. The number of aromatic nitrogens is 2.